The summed E-state index contributed by atoms with van der Waals surface area (Å²) in [5.74, 6) is -0.764. The zero-order chi connectivity index (χ0) is 12.8. The molecule has 98 valence electrons. The fourth-order valence-corrected chi connectivity index (χ4v) is 2.20. The Morgan fingerprint density at radius 3 is 3.00 bits per heavy atom. The normalized spacial score (nSPS) is 20.8. The Balaban J connectivity index is 1.87. The molecule has 2 heterocycles. The summed E-state index contributed by atoms with van der Waals surface area (Å²) in [4.78, 5) is 17.0. The molecule has 1 fully saturated rings. The van der Waals surface area contributed by atoms with E-state index in [2.05, 4.69) is 9.88 Å². The van der Waals surface area contributed by atoms with Gasteiger partial charge in [-0.25, -0.2) is 0 Å². The van der Waals surface area contributed by atoms with Crippen LogP contribution in [0.15, 0.2) is 24.5 Å². The summed E-state index contributed by atoms with van der Waals surface area (Å²) in [6, 6.07) is 3.98. The SMILES string of the molecule is O=C(O)CC1COCCN1CCc1ccncc1. The lowest BCUT2D eigenvalue weighted by Crippen LogP contribution is -2.47. The largest absolute Gasteiger partial charge is 0.481 e. The summed E-state index contributed by atoms with van der Waals surface area (Å²) >= 11 is 0. The number of carboxylic acids is 1. The molecule has 1 aliphatic heterocycles. The summed E-state index contributed by atoms with van der Waals surface area (Å²) in [5, 5.41) is 8.88. The minimum atomic E-state index is -0.764. The van der Waals surface area contributed by atoms with Crippen LogP contribution < -0.4 is 0 Å². The Bertz CT molecular complexity index is 383. The van der Waals surface area contributed by atoms with Crippen LogP contribution in [0.25, 0.3) is 0 Å². The highest BCUT2D eigenvalue weighted by Gasteiger charge is 2.24. The van der Waals surface area contributed by atoms with Gasteiger partial charge in [0.1, 0.15) is 0 Å². The van der Waals surface area contributed by atoms with E-state index in [1.54, 1.807) is 12.4 Å². The van der Waals surface area contributed by atoms with Crippen LogP contribution in [0.2, 0.25) is 0 Å². The highest BCUT2D eigenvalue weighted by atomic mass is 16.5. The predicted octanol–water partition coefficient (Wildman–Crippen LogP) is 0.800. The first-order chi connectivity index (χ1) is 8.75. The second-order valence-corrected chi connectivity index (χ2v) is 4.47. The summed E-state index contributed by atoms with van der Waals surface area (Å²) in [6.07, 6.45) is 4.63. The van der Waals surface area contributed by atoms with Crippen molar-refractivity contribution in [2.45, 2.75) is 18.9 Å². The van der Waals surface area contributed by atoms with Crippen LogP contribution in [0.3, 0.4) is 0 Å². The van der Waals surface area contributed by atoms with E-state index in [1.807, 2.05) is 12.1 Å². The fraction of sp³-hybridized carbons (Fsp3) is 0.538. The molecular weight excluding hydrogens is 232 g/mol. The summed E-state index contributed by atoms with van der Waals surface area (Å²) in [7, 11) is 0. The van der Waals surface area contributed by atoms with Gasteiger partial charge in [-0.1, -0.05) is 0 Å². The van der Waals surface area contributed by atoms with E-state index in [-0.39, 0.29) is 12.5 Å². The van der Waals surface area contributed by atoms with Crippen LogP contribution in [-0.4, -0.2) is 53.3 Å². The van der Waals surface area contributed by atoms with Gasteiger partial charge >= 0.3 is 5.97 Å². The first kappa shape index (κ1) is 13.0. The average molecular weight is 250 g/mol. The zero-order valence-corrected chi connectivity index (χ0v) is 10.3. The number of aliphatic carboxylic acids is 1. The monoisotopic (exact) mass is 250 g/mol. The topological polar surface area (TPSA) is 62.7 Å². The Labute approximate surface area is 106 Å². The minimum absolute atomic E-state index is 0.00177. The van der Waals surface area contributed by atoms with Crippen molar-refractivity contribution in [3.63, 3.8) is 0 Å². The van der Waals surface area contributed by atoms with Gasteiger partial charge in [-0.15, -0.1) is 0 Å². The third-order valence-corrected chi connectivity index (χ3v) is 3.20. The molecule has 18 heavy (non-hydrogen) atoms. The van der Waals surface area contributed by atoms with Gasteiger partial charge in [0.15, 0.2) is 0 Å². The molecule has 1 aromatic rings. The van der Waals surface area contributed by atoms with Crippen molar-refractivity contribution in [1.29, 1.82) is 0 Å². The number of rotatable bonds is 5. The number of pyridine rings is 1. The van der Waals surface area contributed by atoms with Crippen molar-refractivity contribution in [2.75, 3.05) is 26.3 Å². The Hall–Kier alpha value is -1.46. The van der Waals surface area contributed by atoms with Crippen molar-refractivity contribution in [2.24, 2.45) is 0 Å². The number of morpholine rings is 1. The van der Waals surface area contributed by atoms with E-state index in [4.69, 9.17) is 9.84 Å². The lowest BCUT2D eigenvalue weighted by Gasteiger charge is -2.34. The second-order valence-electron chi connectivity index (χ2n) is 4.47. The van der Waals surface area contributed by atoms with Gasteiger partial charge in [-0.05, 0) is 24.1 Å². The van der Waals surface area contributed by atoms with Crippen molar-refractivity contribution in [3.05, 3.63) is 30.1 Å². The van der Waals surface area contributed by atoms with E-state index in [1.165, 1.54) is 5.56 Å². The number of aromatic nitrogens is 1. The number of carboxylic acid groups (broad SMARTS) is 1. The van der Waals surface area contributed by atoms with Gasteiger partial charge < -0.3 is 9.84 Å². The predicted molar refractivity (Wildman–Crippen MR) is 66.4 cm³/mol. The molecule has 5 heteroatoms. The number of nitrogens with zero attached hydrogens (tertiary/aromatic N) is 2. The molecule has 0 aliphatic carbocycles. The minimum Gasteiger partial charge on any atom is -0.481 e. The quantitative estimate of drug-likeness (QED) is 0.837. The van der Waals surface area contributed by atoms with Gasteiger partial charge in [0.25, 0.3) is 0 Å². The molecule has 2 rings (SSSR count). The van der Waals surface area contributed by atoms with E-state index >= 15 is 0 Å². The van der Waals surface area contributed by atoms with Gasteiger partial charge in [0.2, 0.25) is 0 Å². The molecule has 1 aromatic heterocycles. The first-order valence-corrected chi connectivity index (χ1v) is 6.18. The maximum absolute atomic E-state index is 10.8. The molecule has 1 N–H and O–H groups in total. The maximum Gasteiger partial charge on any atom is 0.305 e. The van der Waals surface area contributed by atoms with Crippen molar-refractivity contribution < 1.29 is 14.6 Å². The molecule has 0 radical (unpaired) electrons. The van der Waals surface area contributed by atoms with Gasteiger partial charge in [-0.2, -0.15) is 0 Å². The molecule has 1 saturated heterocycles. The number of carbonyl (C=O) groups is 1. The highest BCUT2D eigenvalue weighted by Crippen LogP contribution is 2.12. The van der Waals surface area contributed by atoms with Crippen LogP contribution in [0.1, 0.15) is 12.0 Å². The number of hydrogen-bond donors (Lipinski definition) is 1. The molecule has 5 nitrogen and oxygen atoms in total. The molecule has 0 spiro atoms. The van der Waals surface area contributed by atoms with Crippen LogP contribution in [0.5, 0.6) is 0 Å². The molecule has 0 amide bonds. The Morgan fingerprint density at radius 2 is 2.28 bits per heavy atom. The summed E-state index contributed by atoms with van der Waals surface area (Å²) in [6.45, 7) is 2.88. The number of ether oxygens (including phenoxy) is 1. The van der Waals surface area contributed by atoms with Crippen LogP contribution in [0.4, 0.5) is 0 Å². The van der Waals surface area contributed by atoms with Gasteiger partial charge in [-0.3, -0.25) is 14.7 Å². The van der Waals surface area contributed by atoms with Crippen molar-refractivity contribution >= 4 is 5.97 Å². The van der Waals surface area contributed by atoms with Crippen molar-refractivity contribution in [1.82, 2.24) is 9.88 Å². The summed E-state index contributed by atoms with van der Waals surface area (Å²) < 4.78 is 5.35. The van der Waals surface area contributed by atoms with Gasteiger partial charge in [0, 0.05) is 31.5 Å². The van der Waals surface area contributed by atoms with Crippen LogP contribution >= 0.6 is 0 Å². The molecule has 1 atom stereocenters. The third-order valence-electron chi connectivity index (χ3n) is 3.20. The summed E-state index contributed by atoms with van der Waals surface area (Å²) in [5.41, 5.74) is 1.23. The van der Waals surface area contributed by atoms with E-state index in [0.717, 1.165) is 19.5 Å². The lowest BCUT2D eigenvalue weighted by atomic mass is 10.1. The molecule has 0 bridgehead atoms. The molecule has 1 unspecified atom stereocenters. The fourth-order valence-electron chi connectivity index (χ4n) is 2.20. The maximum atomic E-state index is 10.8. The first-order valence-electron chi connectivity index (χ1n) is 6.18. The van der Waals surface area contributed by atoms with E-state index < -0.39 is 5.97 Å². The van der Waals surface area contributed by atoms with E-state index in [9.17, 15) is 4.79 Å². The molecule has 1 aliphatic rings. The Kier molecular flexibility index (Phi) is 4.66. The van der Waals surface area contributed by atoms with Crippen molar-refractivity contribution in [3.8, 4) is 0 Å². The van der Waals surface area contributed by atoms with Crippen LogP contribution in [-0.2, 0) is 16.0 Å². The lowest BCUT2D eigenvalue weighted by molar-refractivity contribution is -0.140. The molecular formula is C13H18N2O3. The standard InChI is InChI=1S/C13H18N2O3/c16-13(17)9-12-10-18-8-7-15(12)6-3-11-1-4-14-5-2-11/h1-2,4-5,12H,3,6-10H2,(H,16,17). The van der Waals surface area contributed by atoms with Crippen LogP contribution in [0, 0.1) is 0 Å². The third kappa shape index (κ3) is 3.78. The highest BCUT2D eigenvalue weighted by molar-refractivity contribution is 5.67. The zero-order valence-electron chi connectivity index (χ0n) is 10.3. The average Bonchev–Trinajstić information content (AvgIpc) is 2.38. The smallest absolute Gasteiger partial charge is 0.305 e. The molecule has 0 saturated carbocycles. The van der Waals surface area contributed by atoms with Gasteiger partial charge in [0.05, 0.1) is 19.6 Å². The Morgan fingerprint density at radius 1 is 1.50 bits per heavy atom. The second kappa shape index (κ2) is 6.47. The number of hydrogen-bond acceptors (Lipinski definition) is 4. The molecule has 0 aromatic carbocycles. The van der Waals surface area contributed by atoms with E-state index in [0.29, 0.717) is 13.2 Å².